The molecule has 1 aliphatic carbocycles. The molecule has 0 heterocycles. The molecule has 3 atom stereocenters. The molecule has 26 heavy (non-hydrogen) atoms. The van der Waals surface area contributed by atoms with Gasteiger partial charge in [-0.05, 0) is 42.0 Å². The Balaban J connectivity index is 1.75. The number of hydrogen-bond acceptors (Lipinski definition) is 3. The second-order valence-electron chi connectivity index (χ2n) is 7.46. The maximum absolute atomic E-state index is 12.8. The summed E-state index contributed by atoms with van der Waals surface area (Å²) in [6, 6.07) is 13.5. The maximum Gasteiger partial charge on any atom is 0.238 e. The lowest BCUT2D eigenvalue weighted by Crippen LogP contribution is -2.47. The van der Waals surface area contributed by atoms with E-state index in [0.29, 0.717) is 5.92 Å². The molecule has 0 unspecified atom stereocenters. The van der Waals surface area contributed by atoms with E-state index >= 15 is 0 Å². The van der Waals surface area contributed by atoms with Gasteiger partial charge in [-0.2, -0.15) is 0 Å². The monoisotopic (exact) mass is 373 g/mol. The number of carbonyl (C=O) groups is 1. The van der Waals surface area contributed by atoms with Crippen LogP contribution in [0.1, 0.15) is 45.1 Å². The van der Waals surface area contributed by atoms with Crippen LogP contribution in [0.4, 0.5) is 0 Å². The van der Waals surface area contributed by atoms with Crippen molar-refractivity contribution in [3.05, 3.63) is 48.0 Å². The third-order valence-corrected chi connectivity index (χ3v) is 7.59. The number of sulfone groups is 1. The van der Waals surface area contributed by atoms with Gasteiger partial charge in [0, 0.05) is 6.04 Å². The van der Waals surface area contributed by atoms with Crippen LogP contribution >= 0.6 is 0 Å². The van der Waals surface area contributed by atoms with Gasteiger partial charge in [0.1, 0.15) is 5.25 Å². The van der Waals surface area contributed by atoms with E-state index in [0.717, 1.165) is 35.6 Å². The number of nitrogens with one attached hydrogen (secondary N) is 1. The van der Waals surface area contributed by atoms with E-state index in [1.807, 2.05) is 42.5 Å². The number of rotatable bonds is 5. The van der Waals surface area contributed by atoms with Gasteiger partial charge in [-0.25, -0.2) is 8.42 Å². The van der Waals surface area contributed by atoms with Crippen LogP contribution in [0.2, 0.25) is 0 Å². The summed E-state index contributed by atoms with van der Waals surface area (Å²) in [5.41, 5.74) is 0.744. The highest BCUT2D eigenvalue weighted by Gasteiger charge is 2.31. The normalized spacial score (nSPS) is 22.1. The highest BCUT2D eigenvalue weighted by Crippen LogP contribution is 2.25. The lowest BCUT2D eigenvalue weighted by molar-refractivity contribution is -0.121. The molecule has 140 valence electrons. The molecule has 1 amide bonds. The fourth-order valence-corrected chi connectivity index (χ4v) is 5.08. The van der Waals surface area contributed by atoms with Gasteiger partial charge in [-0.15, -0.1) is 0 Å². The Hall–Kier alpha value is -1.88. The van der Waals surface area contributed by atoms with Crippen molar-refractivity contribution in [1.82, 2.24) is 5.32 Å². The Morgan fingerprint density at radius 2 is 1.81 bits per heavy atom. The van der Waals surface area contributed by atoms with Gasteiger partial charge in [0.15, 0.2) is 9.84 Å². The van der Waals surface area contributed by atoms with E-state index in [9.17, 15) is 13.2 Å². The van der Waals surface area contributed by atoms with Gasteiger partial charge >= 0.3 is 0 Å². The molecular weight excluding hydrogens is 346 g/mol. The summed E-state index contributed by atoms with van der Waals surface area (Å²) >= 11 is 0. The van der Waals surface area contributed by atoms with E-state index in [4.69, 9.17) is 0 Å². The van der Waals surface area contributed by atoms with Crippen molar-refractivity contribution in [3.8, 4) is 0 Å². The summed E-state index contributed by atoms with van der Waals surface area (Å²) in [7, 11) is -3.58. The lowest BCUT2D eigenvalue weighted by Gasteiger charge is -2.30. The Bertz CT molecular complexity index is 886. The molecule has 0 spiro atoms. The molecule has 4 nitrogen and oxygen atoms in total. The number of carbonyl (C=O) groups excluding carboxylic acids is 1. The molecule has 0 aromatic heterocycles. The van der Waals surface area contributed by atoms with E-state index in [2.05, 4.69) is 12.2 Å². The molecule has 1 aliphatic rings. The second kappa shape index (κ2) is 7.78. The van der Waals surface area contributed by atoms with Crippen LogP contribution in [0.25, 0.3) is 10.8 Å². The van der Waals surface area contributed by atoms with E-state index < -0.39 is 15.1 Å². The van der Waals surface area contributed by atoms with E-state index in [-0.39, 0.29) is 17.7 Å². The van der Waals surface area contributed by atoms with E-state index in [1.54, 1.807) is 0 Å². The van der Waals surface area contributed by atoms with Gasteiger partial charge in [-0.1, -0.05) is 62.2 Å². The highest BCUT2D eigenvalue weighted by molar-refractivity contribution is 7.92. The van der Waals surface area contributed by atoms with Crippen LogP contribution in [-0.2, 0) is 20.4 Å². The zero-order valence-corrected chi connectivity index (χ0v) is 16.3. The molecular formula is C21H27NO3S. The molecule has 5 heteroatoms. The van der Waals surface area contributed by atoms with Gasteiger partial charge in [0.25, 0.3) is 0 Å². The number of fused-ring (bicyclic) bond motifs is 1. The first-order valence-electron chi connectivity index (χ1n) is 9.37. The van der Waals surface area contributed by atoms with Crippen LogP contribution in [0.15, 0.2) is 42.5 Å². The molecule has 0 bridgehead atoms. The average Bonchev–Trinajstić information content (AvgIpc) is 2.63. The Morgan fingerprint density at radius 1 is 1.12 bits per heavy atom. The SMILES string of the molecule is C[C@@H]1CCCC[C@H]1NC(=O)[C@@H](C)S(=O)(=O)Cc1cccc2ccccc12. The summed E-state index contributed by atoms with van der Waals surface area (Å²) < 4.78 is 25.7. The first-order chi connectivity index (χ1) is 12.4. The predicted octanol–water partition coefficient (Wildman–Crippen LogP) is 3.84. The summed E-state index contributed by atoms with van der Waals surface area (Å²) in [5.74, 6) is -0.0898. The van der Waals surface area contributed by atoms with Crippen molar-refractivity contribution in [2.75, 3.05) is 0 Å². The average molecular weight is 374 g/mol. The number of benzene rings is 2. The summed E-state index contributed by atoms with van der Waals surface area (Å²) in [6.07, 6.45) is 4.29. The zero-order chi connectivity index (χ0) is 18.7. The highest BCUT2D eigenvalue weighted by atomic mass is 32.2. The smallest absolute Gasteiger partial charge is 0.238 e. The molecule has 0 saturated heterocycles. The first kappa shape index (κ1) is 18.9. The minimum Gasteiger partial charge on any atom is -0.352 e. The van der Waals surface area contributed by atoms with Crippen LogP contribution in [-0.4, -0.2) is 25.6 Å². The van der Waals surface area contributed by atoms with E-state index in [1.165, 1.54) is 13.3 Å². The zero-order valence-electron chi connectivity index (χ0n) is 15.4. The molecule has 1 N–H and O–H groups in total. The summed E-state index contributed by atoms with van der Waals surface area (Å²) in [4.78, 5) is 12.6. The third kappa shape index (κ3) is 4.09. The van der Waals surface area contributed by atoms with Gasteiger partial charge in [-0.3, -0.25) is 4.79 Å². The van der Waals surface area contributed by atoms with Crippen molar-refractivity contribution in [2.24, 2.45) is 5.92 Å². The predicted molar refractivity (Wildman–Crippen MR) is 106 cm³/mol. The Morgan fingerprint density at radius 3 is 2.58 bits per heavy atom. The molecule has 0 aliphatic heterocycles. The van der Waals surface area contributed by atoms with Crippen molar-refractivity contribution in [3.63, 3.8) is 0 Å². The third-order valence-electron chi connectivity index (χ3n) is 5.58. The molecule has 0 radical (unpaired) electrons. The number of amides is 1. The summed E-state index contributed by atoms with van der Waals surface area (Å²) in [6.45, 7) is 3.63. The second-order valence-corrected chi connectivity index (χ2v) is 9.79. The molecule has 2 aromatic rings. The fourth-order valence-electron chi connectivity index (χ4n) is 3.75. The fraction of sp³-hybridized carbons (Fsp3) is 0.476. The Kier molecular flexibility index (Phi) is 5.66. The molecule has 3 rings (SSSR count). The number of hydrogen-bond donors (Lipinski definition) is 1. The van der Waals surface area contributed by atoms with Crippen molar-refractivity contribution in [1.29, 1.82) is 0 Å². The molecule has 1 fully saturated rings. The Labute approximate surface area is 155 Å². The van der Waals surface area contributed by atoms with Crippen LogP contribution < -0.4 is 5.32 Å². The van der Waals surface area contributed by atoms with Crippen molar-refractivity contribution in [2.45, 2.75) is 56.6 Å². The summed E-state index contributed by atoms with van der Waals surface area (Å²) in [5, 5.41) is 3.86. The maximum atomic E-state index is 12.8. The minimum absolute atomic E-state index is 0.0893. The molecule has 1 saturated carbocycles. The van der Waals surface area contributed by atoms with Gasteiger partial charge in [0.2, 0.25) is 5.91 Å². The van der Waals surface area contributed by atoms with Crippen LogP contribution in [0.5, 0.6) is 0 Å². The topological polar surface area (TPSA) is 63.2 Å². The van der Waals surface area contributed by atoms with Crippen LogP contribution in [0, 0.1) is 5.92 Å². The largest absolute Gasteiger partial charge is 0.352 e. The minimum atomic E-state index is -3.58. The lowest BCUT2D eigenvalue weighted by atomic mass is 9.86. The quantitative estimate of drug-likeness (QED) is 0.866. The standard InChI is InChI=1S/C21H27NO3S/c1-15-8-3-6-13-20(15)22-21(23)16(2)26(24,25)14-18-11-7-10-17-9-4-5-12-19(17)18/h4-5,7,9-12,15-16,20H,3,6,8,13-14H2,1-2H3,(H,22,23)/t15-,16-,20-/m1/s1. The van der Waals surface area contributed by atoms with Gasteiger partial charge < -0.3 is 5.32 Å². The van der Waals surface area contributed by atoms with Crippen LogP contribution in [0.3, 0.4) is 0 Å². The first-order valence-corrected chi connectivity index (χ1v) is 11.1. The van der Waals surface area contributed by atoms with Gasteiger partial charge in [0.05, 0.1) is 5.75 Å². The van der Waals surface area contributed by atoms with Crippen molar-refractivity contribution < 1.29 is 13.2 Å². The van der Waals surface area contributed by atoms with Crippen molar-refractivity contribution >= 4 is 26.5 Å². The molecule has 2 aromatic carbocycles.